The Morgan fingerprint density at radius 1 is 1.00 bits per heavy atom. The fourth-order valence-electron chi connectivity index (χ4n) is 3.77. The van der Waals surface area contributed by atoms with Crippen LogP contribution in [0.2, 0.25) is 0 Å². The van der Waals surface area contributed by atoms with Gasteiger partial charge in [0.25, 0.3) is 5.91 Å². The lowest BCUT2D eigenvalue weighted by molar-refractivity contribution is 0.0526. The van der Waals surface area contributed by atoms with Gasteiger partial charge in [-0.05, 0) is 42.8 Å². The molecule has 2 heterocycles. The first-order valence-corrected chi connectivity index (χ1v) is 10.2. The molecule has 0 bridgehead atoms. The zero-order valence-corrected chi connectivity index (χ0v) is 16.8. The minimum atomic E-state index is -0.198. The van der Waals surface area contributed by atoms with Gasteiger partial charge < -0.3 is 30.9 Å². The van der Waals surface area contributed by atoms with Crippen molar-refractivity contribution in [1.29, 1.82) is 0 Å². The van der Waals surface area contributed by atoms with E-state index in [1.54, 1.807) is 17.0 Å². The van der Waals surface area contributed by atoms with E-state index in [4.69, 9.17) is 10.5 Å². The first-order valence-electron chi connectivity index (χ1n) is 10.2. The van der Waals surface area contributed by atoms with Crippen molar-refractivity contribution in [3.05, 3.63) is 54.1 Å². The minimum Gasteiger partial charge on any atom is -0.397 e. The number of carbonyl (C=O) groups is 2. The van der Waals surface area contributed by atoms with Gasteiger partial charge in [-0.2, -0.15) is 0 Å². The predicted molar refractivity (Wildman–Crippen MR) is 117 cm³/mol. The summed E-state index contributed by atoms with van der Waals surface area (Å²) in [5.74, 6) is -0.198. The van der Waals surface area contributed by atoms with E-state index in [-0.39, 0.29) is 18.0 Å². The Bertz CT molecular complexity index is 896. The highest BCUT2D eigenvalue weighted by Gasteiger charge is 2.26. The molecule has 0 aliphatic carbocycles. The summed E-state index contributed by atoms with van der Waals surface area (Å²) in [6.07, 6.45) is 0.894. The number of hydrogen-bond acceptors (Lipinski definition) is 5. The predicted octanol–water partition coefficient (Wildman–Crippen LogP) is 2.14. The van der Waals surface area contributed by atoms with Crippen LogP contribution in [-0.2, 0) is 4.74 Å². The van der Waals surface area contributed by atoms with Crippen molar-refractivity contribution in [2.24, 2.45) is 0 Å². The molecule has 0 aromatic heterocycles. The third-order valence-corrected chi connectivity index (χ3v) is 5.52. The first-order chi connectivity index (χ1) is 14.6. The van der Waals surface area contributed by atoms with Crippen LogP contribution in [0.3, 0.4) is 0 Å². The van der Waals surface area contributed by atoms with Crippen molar-refractivity contribution >= 4 is 29.0 Å². The molecular weight excluding hydrogens is 382 g/mol. The smallest absolute Gasteiger partial charge is 0.317 e. The number of anilines is 3. The molecule has 1 unspecified atom stereocenters. The van der Waals surface area contributed by atoms with Crippen LogP contribution in [0.4, 0.5) is 21.9 Å². The van der Waals surface area contributed by atoms with E-state index in [1.165, 1.54) is 0 Å². The monoisotopic (exact) mass is 409 g/mol. The molecule has 158 valence electrons. The van der Waals surface area contributed by atoms with E-state index in [1.807, 2.05) is 36.4 Å². The number of urea groups is 1. The van der Waals surface area contributed by atoms with Gasteiger partial charge >= 0.3 is 6.03 Å². The second-order valence-electron chi connectivity index (χ2n) is 7.57. The Kier molecular flexibility index (Phi) is 6.04. The summed E-state index contributed by atoms with van der Waals surface area (Å²) < 4.78 is 5.30. The number of nitrogens with one attached hydrogen (secondary N) is 2. The van der Waals surface area contributed by atoms with E-state index >= 15 is 0 Å². The van der Waals surface area contributed by atoms with Gasteiger partial charge in [0.2, 0.25) is 0 Å². The summed E-state index contributed by atoms with van der Waals surface area (Å²) >= 11 is 0. The Labute approximate surface area is 176 Å². The molecule has 0 spiro atoms. The molecule has 3 amide bonds. The molecule has 1 atom stereocenters. The zero-order chi connectivity index (χ0) is 20.9. The molecule has 0 saturated carbocycles. The summed E-state index contributed by atoms with van der Waals surface area (Å²) in [5.41, 5.74) is 8.63. The number of benzene rings is 2. The van der Waals surface area contributed by atoms with Crippen molar-refractivity contribution in [3.63, 3.8) is 0 Å². The van der Waals surface area contributed by atoms with Crippen molar-refractivity contribution in [1.82, 2.24) is 10.2 Å². The first kappa shape index (κ1) is 20.0. The molecule has 2 aromatic rings. The number of morpholine rings is 1. The SMILES string of the molecule is Nc1ccccc1NC(=O)c1ccc(N2CCC(NC(=O)N3CCOCC3)C2)cc1. The van der Waals surface area contributed by atoms with Crippen LogP contribution in [0, 0.1) is 0 Å². The Morgan fingerprint density at radius 2 is 1.73 bits per heavy atom. The van der Waals surface area contributed by atoms with Gasteiger partial charge in [0, 0.05) is 43.5 Å². The van der Waals surface area contributed by atoms with Gasteiger partial charge in [-0.1, -0.05) is 12.1 Å². The number of amides is 3. The van der Waals surface area contributed by atoms with Crippen molar-refractivity contribution < 1.29 is 14.3 Å². The van der Waals surface area contributed by atoms with Crippen molar-refractivity contribution in [3.8, 4) is 0 Å². The van der Waals surface area contributed by atoms with Gasteiger partial charge in [0.15, 0.2) is 0 Å². The summed E-state index contributed by atoms with van der Waals surface area (Å²) in [5, 5.41) is 5.96. The summed E-state index contributed by atoms with van der Waals surface area (Å²) in [4.78, 5) is 28.9. The van der Waals surface area contributed by atoms with Gasteiger partial charge in [-0.15, -0.1) is 0 Å². The molecule has 2 aromatic carbocycles. The molecule has 4 N–H and O–H groups in total. The van der Waals surface area contributed by atoms with E-state index in [2.05, 4.69) is 15.5 Å². The molecule has 0 radical (unpaired) electrons. The van der Waals surface area contributed by atoms with Crippen LogP contribution in [0.15, 0.2) is 48.5 Å². The number of ether oxygens (including phenoxy) is 1. The highest BCUT2D eigenvalue weighted by molar-refractivity contribution is 6.05. The van der Waals surface area contributed by atoms with Crippen molar-refractivity contribution in [2.75, 3.05) is 55.3 Å². The van der Waals surface area contributed by atoms with E-state index in [9.17, 15) is 9.59 Å². The summed E-state index contributed by atoms with van der Waals surface area (Å²) in [6, 6.07) is 14.8. The highest BCUT2D eigenvalue weighted by atomic mass is 16.5. The van der Waals surface area contributed by atoms with Gasteiger partial charge in [0.1, 0.15) is 0 Å². The number of rotatable bonds is 4. The molecule has 2 saturated heterocycles. The summed E-state index contributed by atoms with van der Waals surface area (Å²) in [7, 11) is 0. The highest BCUT2D eigenvalue weighted by Crippen LogP contribution is 2.22. The molecular formula is C22H27N5O3. The lowest BCUT2D eigenvalue weighted by Gasteiger charge is -2.28. The molecule has 2 fully saturated rings. The van der Waals surface area contributed by atoms with Crippen LogP contribution in [0.5, 0.6) is 0 Å². The molecule has 4 rings (SSSR count). The average Bonchev–Trinajstić information content (AvgIpc) is 3.24. The summed E-state index contributed by atoms with van der Waals surface area (Å²) in [6.45, 7) is 4.09. The third kappa shape index (κ3) is 4.65. The zero-order valence-electron chi connectivity index (χ0n) is 16.8. The maximum Gasteiger partial charge on any atom is 0.317 e. The Balaban J connectivity index is 1.31. The van der Waals surface area contributed by atoms with E-state index in [0.717, 1.165) is 25.2 Å². The normalized spacial score (nSPS) is 18.9. The Hall–Kier alpha value is -3.26. The molecule has 8 nitrogen and oxygen atoms in total. The fraction of sp³-hybridized carbons (Fsp3) is 0.364. The quantitative estimate of drug-likeness (QED) is 0.672. The minimum absolute atomic E-state index is 0.0163. The standard InChI is InChI=1S/C22H27N5O3/c23-19-3-1-2-4-20(19)25-21(28)16-5-7-18(8-6-16)27-10-9-17(15-27)24-22(29)26-11-13-30-14-12-26/h1-8,17H,9-15,23H2,(H,24,29)(H,25,28). The second-order valence-corrected chi connectivity index (χ2v) is 7.57. The lowest BCUT2D eigenvalue weighted by atomic mass is 10.1. The number of nitrogen functional groups attached to an aromatic ring is 1. The topological polar surface area (TPSA) is 99.9 Å². The largest absolute Gasteiger partial charge is 0.397 e. The van der Waals surface area contributed by atoms with Crippen LogP contribution in [0.1, 0.15) is 16.8 Å². The van der Waals surface area contributed by atoms with E-state index in [0.29, 0.717) is 43.2 Å². The fourth-order valence-corrected chi connectivity index (χ4v) is 3.77. The maximum atomic E-state index is 12.5. The molecule has 30 heavy (non-hydrogen) atoms. The number of nitrogens with two attached hydrogens (primary N) is 1. The van der Waals surface area contributed by atoms with Gasteiger partial charge in [0.05, 0.1) is 24.6 Å². The van der Waals surface area contributed by atoms with Crippen LogP contribution in [0.25, 0.3) is 0 Å². The number of nitrogens with zero attached hydrogens (tertiary/aromatic N) is 2. The van der Waals surface area contributed by atoms with Crippen LogP contribution < -0.4 is 21.3 Å². The number of para-hydroxylation sites is 2. The third-order valence-electron chi connectivity index (χ3n) is 5.52. The molecule has 2 aliphatic rings. The van der Waals surface area contributed by atoms with Gasteiger partial charge in [-0.3, -0.25) is 4.79 Å². The van der Waals surface area contributed by atoms with Gasteiger partial charge in [-0.25, -0.2) is 4.79 Å². The number of hydrogen-bond donors (Lipinski definition) is 3. The van der Waals surface area contributed by atoms with E-state index < -0.39 is 0 Å². The Morgan fingerprint density at radius 3 is 2.47 bits per heavy atom. The second kappa shape index (κ2) is 9.04. The van der Waals surface area contributed by atoms with Crippen LogP contribution >= 0.6 is 0 Å². The maximum absolute atomic E-state index is 12.5. The number of carbonyl (C=O) groups excluding carboxylic acids is 2. The lowest BCUT2D eigenvalue weighted by Crippen LogP contribution is -2.49. The van der Waals surface area contributed by atoms with Crippen LogP contribution in [-0.4, -0.2) is 62.3 Å². The molecule has 8 heteroatoms. The van der Waals surface area contributed by atoms with Crippen molar-refractivity contribution in [2.45, 2.75) is 12.5 Å². The molecule has 2 aliphatic heterocycles. The average molecular weight is 409 g/mol.